The molecule has 1 aliphatic rings. The highest BCUT2D eigenvalue weighted by Gasteiger charge is 2.30. The number of hydrogen-bond donors (Lipinski definition) is 1. The van der Waals surface area contributed by atoms with Crippen LogP contribution in [0.4, 0.5) is 0 Å². The summed E-state index contributed by atoms with van der Waals surface area (Å²) in [7, 11) is 1.62. The Balaban J connectivity index is 1.65. The zero-order valence-electron chi connectivity index (χ0n) is 21.1. The predicted molar refractivity (Wildman–Crippen MR) is 144 cm³/mol. The van der Waals surface area contributed by atoms with Crippen LogP contribution in [0.2, 0.25) is 10.0 Å². The third kappa shape index (κ3) is 8.31. The van der Waals surface area contributed by atoms with E-state index in [0.29, 0.717) is 35.2 Å². The van der Waals surface area contributed by atoms with Crippen LogP contribution < -0.4 is 14.8 Å². The minimum Gasteiger partial charge on any atom is -0.497 e. The van der Waals surface area contributed by atoms with Gasteiger partial charge in [-0.05, 0) is 67.6 Å². The van der Waals surface area contributed by atoms with Crippen molar-refractivity contribution in [2.24, 2.45) is 0 Å². The van der Waals surface area contributed by atoms with E-state index in [4.69, 9.17) is 32.7 Å². The molecule has 36 heavy (non-hydrogen) atoms. The minimum atomic E-state index is -0.559. The summed E-state index contributed by atoms with van der Waals surface area (Å²) >= 11 is 12.3. The van der Waals surface area contributed by atoms with Crippen molar-refractivity contribution in [3.05, 3.63) is 58.1 Å². The second kappa shape index (κ2) is 14.3. The maximum Gasteiger partial charge on any atom is 0.243 e. The maximum atomic E-state index is 13.4. The number of ether oxygens (including phenoxy) is 2. The van der Waals surface area contributed by atoms with E-state index < -0.39 is 6.04 Å². The predicted octanol–water partition coefficient (Wildman–Crippen LogP) is 6.42. The molecule has 2 aromatic carbocycles. The molecule has 0 aliphatic heterocycles. The van der Waals surface area contributed by atoms with E-state index in [0.717, 1.165) is 37.0 Å². The van der Waals surface area contributed by atoms with Gasteiger partial charge in [0.25, 0.3) is 0 Å². The standard InChI is InChI=1S/C28H36Cl2N2O4/c1-3-26(28(34)31-21-8-5-4-6-9-21)32(19-20-11-16-24(29)25(30)18-20)27(33)10-7-17-36-23-14-12-22(35-2)13-15-23/h11-16,18,21,26H,3-10,17,19H2,1-2H3,(H,31,34). The van der Waals surface area contributed by atoms with E-state index in [-0.39, 0.29) is 30.8 Å². The summed E-state index contributed by atoms with van der Waals surface area (Å²) in [6, 6.07) is 12.3. The first kappa shape index (κ1) is 28.1. The van der Waals surface area contributed by atoms with Crippen LogP contribution in [0.15, 0.2) is 42.5 Å². The Labute approximate surface area is 224 Å². The van der Waals surface area contributed by atoms with Crippen LogP contribution in [0.5, 0.6) is 11.5 Å². The van der Waals surface area contributed by atoms with Gasteiger partial charge in [0.1, 0.15) is 17.5 Å². The Kier molecular flexibility index (Phi) is 11.2. The topological polar surface area (TPSA) is 67.9 Å². The fraction of sp³-hybridized carbons (Fsp3) is 0.500. The molecule has 1 fully saturated rings. The van der Waals surface area contributed by atoms with E-state index in [1.165, 1.54) is 6.42 Å². The van der Waals surface area contributed by atoms with Gasteiger partial charge in [0.2, 0.25) is 11.8 Å². The Morgan fingerprint density at radius 2 is 1.72 bits per heavy atom. The summed E-state index contributed by atoms with van der Waals surface area (Å²) in [5.74, 6) is 1.29. The molecule has 0 heterocycles. The summed E-state index contributed by atoms with van der Waals surface area (Å²) in [6.45, 7) is 2.61. The van der Waals surface area contributed by atoms with Crippen LogP contribution in [0.1, 0.15) is 63.9 Å². The first-order valence-electron chi connectivity index (χ1n) is 12.7. The van der Waals surface area contributed by atoms with Gasteiger partial charge in [-0.15, -0.1) is 0 Å². The first-order valence-corrected chi connectivity index (χ1v) is 13.5. The summed E-state index contributed by atoms with van der Waals surface area (Å²) in [5.41, 5.74) is 0.830. The van der Waals surface area contributed by atoms with Crippen LogP contribution in [-0.2, 0) is 16.1 Å². The summed E-state index contributed by atoms with van der Waals surface area (Å²) < 4.78 is 10.9. The summed E-state index contributed by atoms with van der Waals surface area (Å²) in [4.78, 5) is 28.4. The number of nitrogens with zero attached hydrogens (tertiary/aromatic N) is 1. The van der Waals surface area contributed by atoms with E-state index in [2.05, 4.69) is 5.32 Å². The number of rotatable bonds is 12. The Morgan fingerprint density at radius 1 is 1.03 bits per heavy atom. The number of hydrogen-bond acceptors (Lipinski definition) is 4. The lowest BCUT2D eigenvalue weighted by atomic mass is 9.95. The Hall–Kier alpha value is -2.44. The van der Waals surface area contributed by atoms with Crippen molar-refractivity contribution in [2.45, 2.75) is 76.9 Å². The molecule has 196 valence electrons. The van der Waals surface area contributed by atoms with E-state index >= 15 is 0 Å². The van der Waals surface area contributed by atoms with Crippen LogP contribution in [0, 0.1) is 0 Å². The lowest BCUT2D eigenvalue weighted by Crippen LogP contribution is -2.51. The molecule has 0 saturated heterocycles. The molecule has 8 heteroatoms. The molecular formula is C28H36Cl2N2O4. The van der Waals surface area contributed by atoms with Crippen molar-refractivity contribution >= 4 is 35.0 Å². The van der Waals surface area contributed by atoms with Crippen molar-refractivity contribution in [2.75, 3.05) is 13.7 Å². The van der Waals surface area contributed by atoms with Gasteiger partial charge < -0.3 is 19.7 Å². The summed E-state index contributed by atoms with van der Waals surface area (Å²) in [5, 5.41) is 4.07. The van der Waals surface area contributed by atoms with E-state index in [9.17, 15) is 9.59 Å². The highest BCUT2D eigenvalue weighted by atomic mass is 35.5. The molecule has 1 unspecified atom stereocenters. The van der Waals surface area contributed by atoms with E-state index in [1.807, 2.05) is 37.3 Å². The van der Waals surface area contributed by atoms with Crippen molar-refractivity contribution in [3.8, 4) is 11.5 Å². The molecule has 0 bridgehead atoms. The molecule has 1 atom stereocenters. The first-order chi connectivity index (χ1) is 17.4. The quantitative estimate of drug-likeness (QED) is 0.319. The fourth-order valence-corrected chi connectivity index (χ4v) is 4.85. The SMILES string of the molecule is CCC(C(=O)NC1CCCCC1)N(Cc1ccc(Cl)c(Cl)c1)C(=O)CCCOc1ccc(OC)cc1. The van der Waals surface area contributed by atoms with Gasteiger partial charge in [-0.25, -0.2) is 0 Å². The molecule has 0 radical (unpaired) electrons. The van der Waals surface area contributed by atoms with Crippen molar-refractivity contribution in [1.82, 2.24) is 10.2 Å². The largest absolute Gasteiger partial charge is 0.497 e. The second-order valence-corrected chi connectivity index (χ2v) is 9.98. The third-order valence-corrected chi connectivity index (χ3v) is 7.28. The molecule has 1 aliphatic carbocycles. The van der Waals surface area contributed by atoms with Gasteiger partial charge in [-0.2, -0.15) is 0 Å². The smallest absolute Gasteiger partial charge is 0.243 e. The second-order valence-electron chi connectivity index (χ2n) is 9.17. The van der Waals surface area contributed by atoms with E-state index in [1.54, 1.807) is 24.1 Å². The van der Waals surface area contributed by atoms with Gasteiger partial charge in [0.05, 0.1) is 23.8 Å². The molecular weight excluding hydrogens is 499 g/mol. The fourth-order valence-electron chi connectivity index (χ4n) is 4.53. The van der Waals surface area contributed by atoms with Crippen molar-refractivity contribution in [1.29, 1.82) is 0 Å². The number of carbonyl (C=O) groups excluding carboxylic acids is 2. The van der Waals surface area contributed by atoms with Crippen LogP contribution in [0.3, 0.4) is 0 Å². The van der Waals surface area contributed by atoms with Crippen LogP contribution in [-0.4, -0.2) is 42.5 Å². The van der Waals surface area contributed by atoms with Gasteiger partial charge in [0.15, 0.2) is 0 Å². The molecule has 2 aromatic rings. The normalized spacial score (nSPS) is 14.7. The van der Waals surface area contributed by atoms with Gasteiger partial charge in [-0.3, -0.25) is 9.59 Å². The average molecular weight is 536 g/mol. The number of nitrogens with one attached hydrogen (secondary N) is 1. The number of halogens is 2. The lowest BCUT2D eigenvalue weighted by molar-refractivity contribution is -0.142. The van der Waals surface area contributed by atoms with Gasteiger partial charge >= 0.3 is 0 Å². The van der Waals surface area contributed by atoms with Gasteiger partial charge in [-0.1, -0.05) is 55.5 Å². The third-order valence-electron chi connectivity index (χ3n) is 6.54. The lowest BCUT2D eigenvalue weighted by Gasteiger charge is -2.33. The Bertz CT molecular complexity index is 994. The number of methoxy groups -OCH3 is 1. The molecule has 6 nitrogen and oxygen atoms in total. The number of carbonyl (C=O) groups is 2. The van der Waals surface area contributed by atoms with Crippen molar-refractivity contribution < 1.29 is 19.1 Å². The molecule has 2 amide bonds. The number of amides is 2. The molecule has 0 spiro atoms. The van der Waals surface area contributed by atoms with Crippen molar-refractivity contribution in [3.63, 3.8) is 0 Å². The zero-order valence-corrected chi connectivity index (χ0v) is 22.6. The zero-order chi connectivity index (χ0) is 25.9. The average Bonchev–Trinajstić information content (AvgIpc) is 2.89. The maximum absolute atomic E-state index is 13.4. The van der Waals surface area contributed by atoms with Crippen LogP contribution in [0.25, 0.3) is 0 Å². The van der Waals surface area contributed by atoms with Crippen LogP contribution >= 0.6 is 23.2 Å². The monoisotopic (exact) mass is 534 g/mol. The number of benzene rings is 2. The molecule has 0 aromatic heterocycles. The molecule has 3 rings (SSSR count). The molecule has 1 saturated carbocycles. The summed E-state index contributed by atoms with van der Waals surface area (Å²) in [6.07, 6.45) is 6.77. The highest BCUT2D eigenvalue weighted by Crippen LogP contribution is 2.25. The van der Waals surface area contributed by atoms with Gasteiger partial charge in [0, 0.05) is 19.0 Å². The Morgan fingerprint density at radius 3 is 2.36 bits per heavy atom. The highest BCUT2D eigenvalue weighted by molar-refractivity contribution is 6.42. The minimum absolute atomic E-state index is 0.0905. The molecule has 1 N–H and O–H groups in total.